The number of anilines is 1. The van der Waals surface area contributed by atoms with Crippen LogP contribution in [0.25, 0.3) is 0 Å². The van der Waals surface area contributed by atoms with E-state index in [-0.39, 0.29) is 12.3 Å². The SMILES string of the molecule is COc1cc(CC(=O)N2CCCc3ncccc32)cc(OC)c1OC. The molecule has 0 atom stereocenters. The highest BCUT2D eigenvalue weighted by Crippen LogP contribution is 2.38. The standard InChI is InChI=1S/C19H22N2O4/c1-23-16-10-13(11-17(24-2)19(16)25-3)12-18(22)21-9-5-6-14-15(21)7-4-8-20-14/h4,7-8,10-11H,5-6,9,12H2,1-3H3. The van der Waals surface area contributed by atoms with E-state index in [1.165, 1.54) is 0 Å². The third-order valence-electron chi connectivity index (χ3n) is 4.33. The van der Waals surface area contributed by atoms with Crippen molar-refractivity contribution < 1.29 is 19.0 Å². The zero-order chi connectivity index (χ0) is 17.8. The van der Waals surface area contributed by atoms with E-state index < -0.39 is 0 Å². The van der Waals surface area contributed by atoms with Gasteiger partial charge in [0.1, 0.15) is 0 Å². The third kappa shape index (κ3) is 3.38. The van der Waals surface area contributed by atoms with Crippen LogP contribution in [0.5, 0.6) is 17.2 Å². The Labute approximate surface area is 147 Å². The summed E-state index contributed by atoms with van der Waals surface area (Å²) in [5, 5.41) is 0. The van der Waals surface area contributed by atoms with Crippen LogP contribution in [-0.4, -0.2) is 38.8 Å². The number of ether oxygens (including phenoxy) is 3. The second-order valence-corrected chi connectivity index (χ2v) is 5.83. The maximum Gasteiger partial charge on any atom is 0.231 e. The first-order valence-corrected chi connectivity index (χ1v) is 8.21. The van der Waals surface area contributed by atoms with Gasteiger partial charge in [-0.15, -0.1) is 0 Å². The predicted octanol–water partition coefficient (Wildman–Crippen LogP) is 2.63. The van der Waals surface area contributed by atoms with Gasteiger partial charge in [-0.2, -0.15) is 0 Å². The van der Waals surface area contributed by atoms with Gasteiger partial charge in [0.2, 0.25) is 11.7 Å². The number of aromatic nitrogens is 1. The molecule has 2 aromatic rings. The van der Waals surface area contributed by atoms with Gasteiger partial charge in [-0.25, -0.2) is 0 Å². The number of hydrogen-bond acceptors (Lipinski definition) is 5. The number of pyridine rings is 1. The molecular formula is C19H22N2O4. The van der Waals surface area contributed by atoms with Crippen molar-refractivity contribution in [1.82, 2.24) is 4.98 Å². The number of nitrogens with zero attached hydrogens (tertiary/aromatic N) is 2. The number of benzene rings is 1. The normalized spacial score (nSPS) is 13.2. The molecule has 3 rings (SSSR count). The Morgan fingerprint density at radius 3 is 2.52 bits per heavy atom. The molecule has 0 bridgehead atoms. The molecule has 0 spiro atoms. The molecule has 1 aromatic carbocycles. The van der Waals surface area contributed by atoms with Crippen molar-refractivity contribution >= 4 is 11.6 Å². The monoisotopic (exact) mass is 342 g/mol. The van der Waals surface area contributed by atoms with Crippen LogP contribution in [0, 0.1) is 0 Å². The minimum Gasteiger partial charge on any atom is -0.493 e. The summed E-state index contributed by atoms with van der Waals surface area (Å²) in [5.74, 6) is 1.65. The van der Waals surface area contributed by atoms with E-state index in [4.69, 9.17) is 14.2 Å². The van der Waals surface area contributed by atoms with Crippen LogP contribution in [0.15, 0.2) is 30.5 Å². The molecule has 1 amide bonds. The van der Waals surface area contributed by atoms with Gasteiger partial charge in [0.15, 0.2) is 11.5 Å². The average Bonchev–Trinajstić information content (AvgIpc) is 2.66. The van der Waals surface area contributed by atoms with E-state index >= 15 is 0 Å². The number of amides is 1. The summed E-state index contributed by atoms with van der Waals surface area (Å²) in [7, 11) is 4.69. The molecule has 132 valence electrons. The number of aryl methyl sites for hydroxylation is 1. The molecule has 1 aliphatic rings. The maximum absolute atomic E-state index is 12.9. The van der Waals surface area contributed by atoms with Crippen molar-refractivity contribution in [2.24, 2.45) is 0 Å². The van der Waals surface area contributed by atoms with E-state index in [1.54, 1.807) is 27.5 Å². The zero-order valence-corrected chi connectivity index (χ0v) is 14.7. The Bertz CT molecular complexity index is 751. The molecule has 0 unspecified atom stereocenters. The molecule has 1 aliphatic heterocycles. The van der Waals surface area contributed by atoms with Gasteiger partial charge >= 0.3 is 0 Å². The Morgan fingerprint density at radius 2 is 1.88 bits per heavy atom. The zero-order valence-electron chi connectivity index (χ0n) is 14.7. The van der Waals surface area contributed by atoms with E-state index in [2.05, 4.69) is 4.98 Å². The van der Waals surface area contributed by atoms with E-state index in [9.17, 15) is 4.79 Å². The largest absolute Gasteiger partial charge is 0.493 e. The van der Waals surface area contributed by atoms with Gasteiger partial charge in [0.05, 0.1) is 39.1 Å². The number of carbonyl (C=O) groups is 1. The summed E-state index contributed by atoms with van der Waals surface area (Å²) in [6.45, 7) is 0.710. The maximum atomic E-state index is 12.9. The van der Waals surface area contributed by atoms with Crippen LogP contribution >= 0.6 is 0 Å². The molecule has 2 heterocycles. The summed E-state index contributed by atoms with van der Waals surface area (Å²) >= 11 is 0. The van der Waals surface area contributed by atoms with Crippen LogP contribution < -0.4 is 19.1 Å². The minimum atomic E-state index is 0.0308. The first kappa shape index (κ1) is 17.1. The van der Waals surface area contributed by atoms with Gasteiger partial charge in [-0.05, 0) is 42.7 Å². The van der Waals surface area contributed by atoms with Gasteiger partial charge in [0, 0.05) is 12.7 Å². The highest BCUT2D eigenvalue weighted by molar-refractivity contribution is 5.95. The summed E-state index contributed by atoms with van der Waals surface area (Å²) in [6, 6.07) is 7.44. The Hall–Kier alpha value is -2.76. The fourth-order valence-electron chi connectivity index (χ4n) is 3.16. The molecule has 6 nitrogen and oxygen atoms in total. The van der Waals surface area contributed by atoms with Crippen molar-refractivity contribution in [3.8, 4) is 17.2 Å². The lowest BCUT2D eigenvalue weighted by Gasteiger charge is -2.28. The van der Waals surface area contributed by atoms with Crippen molar-refractivity contribution in [1.29, 1.82) is 0 Å². The van der Waals surface area contributed by atoms with Crippen molar-refractivity contribution in [3.05, 3.63) is 41.7 Å². The topological polar surface area (TPSA) is 60.9 Å². The lowest BCUT2D eigenvalue weighted by molar-refractivity contribution is -0.118. The molecule has 0 saturated heterocycles. The molecule has 0 fully saturated rings. The second kappa shape index (κ2) is 7.42. The van der Waals surface area contributed by atoms with Gasteiger partial charge < -0.3 is 19.1 Å². The lowest BCUT2D eigenvalue weighted by Crippen LogP contribution is -2.36. The van der Waals surface area contributed by atoms with E-state index in [1.807, 2.05) is 29.2 Å². The van der Waals surface area contributed by atoms with E-state index in [0.717, 1.165) is 29.8 Å². The van der Waals surface area contributed by atoms with Crippen LogP contribution in [0.4, 0.5) is 5.69 Å². The molecule has 6 heteroatoms. The molecule has 0 saturated carbocycles. The molecule has 0 N–H and O–H groups in total. The van der Waals surface area contributed by atoms with Gasteiger partial charge in [0.25, 0.3) is 0 Å². The number of methoxy groups -OCH3 is 3. The van der Waals surface area contributed by atoms with Crippen molar-refractivity contribution in [2.45, 2.75) is 19.3 Å². The molecule has 1 aromatic heterocycles. The first-order chi connectivity index (χ1) is 12.2. The Morgan fingerprint density at radius 1 is 1.16 bits per heavy atom. The summed E-state index contributed by atoms with van der Waals surface area (Å²) in [5.41, 5.74) is 2.70. The minimum absolute atomic E-state index is 0.0308. The fourth-order valence-corrected chi connectivity index (χ4v) is 3.16. The van der Waals surface area contributed by atoms with Gasteiger partial charge in [-0.1, -0.05) is 0 Å². The Kier molecular flexibility index (Phi) is 5.07. The predicted molar refractivity (Wildman–Crippen MR) is 94.7 cm³/mol. The van der Waals surface area contributed by atoms with Crippen molar-refractivity contribution in [2.75, 3.05) is 32.8 Å². The highest BCUT2D eigenvalue weighted by atomic mass is 16.5. The second-order valence-electron chi connectivity index (χ2n) is 5.83. The molecule has 0 aliphatic carbocycles. The number of rotatable bonds is 5. The quantitative estimate of drug-likeness (QED) is 0.836. The van der Waals surface area contributed by atoms with Crippen LogP contribution in [0.1, 0.15) is 17.7 Å². The number of hydrogen-bond donors (Lipinski definition) is 0. The van der Waals surface area contributed by atoms with Crippen molar-refractivity contribution in [3.63, 3.8) is 0 Å². The average molecular weight is 342 g/mol. The number of carbonyl (C=O) groups excluding carboxylic acids is 1. The number of fused-ring (bicyclic) bond motifs is 1. The molecule has 25 heavy (non-hydrogen) atoms. The van der Waals surface area contributed by atoms with E-state index in [0.29, 0.717) is 23.8 Å². The highest BCUT2D eigenvalue weighted by Gasteiger charge is 2.24. The lowest BCUT2D eigenvalue weighted by atomic mass is 10.0. The molecular weight excluding hydrogens is 320 g/mol. The third-order valence-corrected chi connectivity index (χ3v) is 4.33. The van der Waals surface area contributed by atoms with Crippen LogP contribution in [0.2, 0.25) is 0 Å². The van der Waals surface area contributed by atoms with Crippen LogP contribution in [0.3, 0.4) is 0 Å². The Balaban J connectivity index is 1.87. The fraction of sp³-hybridized carbons (Fsp3) is 0.368. The smallest absolute Gasteiger partial charge is 0.231 e. The van der Waals surface area contributed by atoms with Gasteiger partial charge in [-0.3, -0.25) is 9.78 Å². The first-order valence-electron chi connectivity index (χ1n) is 8.21. The van der Waals surface area contributed by atoms with Crippen LogP contribution in [-0.2, 0) is 17.6 Å². The summed E-state index contributed by atoms with van der Waals surface area (Å²) < 4.78 is 16.1. The summed E-state index contributed by atoms with van der Waals surface area (Å²) in [6.07, 6.45) is 3.85. The molecule has 0 radical (unpaired) electrons. The summed E-state index contributed by atoms with van der Waals surface area (Å²) in [4.78, 5) is 19.1.